The number of ether oxygens (including phenoxy) is 1. The summed E-state index contributed by atoms with van der Waals surface area (Å²) in [6.45, 7) is 9.87. The summed E-state index contributed by atoms with van der Waals surface area (Å²) in [6.07, 6.45) is 0.674. The first kappa shape index (κ1) is 18.5. The predicted molar refractivity (Wildman–Crippen MR) is 108 cm³/mol. The molecule has 0 amide bonds. The Balaban J connectivity index is 1.36. The van der Waals surface area contributed by atoms with Crippen molar-refractivity contribution in [2.24, 2.45) is 0 Å². The summed E-state index contributed by atoms with van der Waals surface area (Å²) in [7, 11) is 0. The second kappa shape index (κ2) is 7.61. The fourth-order valence-electron chi connectivity index (χ4n) is 3.77. The van der Waals surface area contributed by atoms with Gasteiger partial charge in [0.25, 0.3) is 0 Å². The smallest absolute Gasteiger partial charge is 0.210 e. The Kier molecular flexibility index (Phi) is 5.21. The molecule has 1 saturated heterocycles. The zero-order valence-corrected chi connectivity index (χ0v) is 16.9. The van der Waals surface area contributed by atoms with E-state index in [1.165, 1.54) is 22.5 Å². The molecular formula is C19H27N5O2S. The van der Waals surface area contributed by atoms with Crippen molar-refractivity contribution in [1.82, 2.24) is 15.1 Å². The van der Waals surface area contributed by atoms with Crippen molar-refractivity contribution in [3.63, 3.8) is 0 Å². The van der Waals surface area contributed by atoms with E-state index < -0.39 is 6.23 Å². The number of nitrogens with one attached hydrogen (secondary N) is 1. The van der Waals surface area contributed by atoms with E-state index in [2.05, 4.69) is 57.4 Å². The van der Waals surface area contributed by atoms with Crippen LogP contribution >= 0.6 is 11.3 Å². The standard InChI is InChI=1S/C19H27N5O2S/c1-12-10-16-5-4-15(11-17(16)26-12)13(2)23-6-8-24(9-7-23)19-22-21-18(27-19)20-14(3)25/h4-5,11-14,25H,6-10H2,1-3H3,(H,20,21)/t12-,13?,14?/m1/s1. The van der Waals surface area contributed by atoms with Crippen LogP contribution in [-0.4, -0.2) is 58.7 Å². The SMILES string of the molecule is CC(O)Nc1nnc(N2CCN(C(C)c3ccc4c(c3)O[C@H](C)C4)CC2)s1. The third kappa shape index (κ3) is 4.02. The predicted octanol–water partition coefficient (Wildman–Crippen LogP) is 2.49. The van der Waals surface area contributed by atoms with E-state index in [9.17, 15) is 5.11 Å². The van der Waals surface area contributed by atoms with Crippen LogP contribution in [0.3, 0.4) is 0 Å². The van der Waals surface area contributed by atoms with Crippen molar-refractivity contribution in [3.8, 4) is 5.75 Å². The van der Waals surface area contributed by atoms with Gasteiger partial charge in [-0.2, -0.15) is 0 Å². The zero-order valence-electron chi connectivity index (χ0n) is 16.1. The Hall–Kier alpha value is -1.90. The number of benzene rings is 1. The summed E-state index contributed by atoms with van der Waals surface area (Å²) >= 11 is 1.48. The average Bonchev–Trinajstić information content (AvgIpc) is 3.25. The highest BCUT2D eigenvalue weighted by Crippen LogP contribution is 2.33. The number of fused-ring (bicyclic) bond motifs is 1. The summed E-state index contributed by atoms with van der Waals surface area (Å²) in [5.74, 6) is 1.05. The van der Waals surface area contributed by atoms with Crippen LogP contribution in [0, 0.1) is 0 Å². The lowest BCUT2D eigenvalue weighted by Gasteiger charge is -2.38. The van der Waals surface area contributed by atoms with E-state index in [4.69, 9.17) is 4.74 Å². The van der Waals surface area contributed by atoms with Gasteiger partial charge in [-0.15, -0.1) is 10.2 Å². The molecule has 1 aromatic carbocycles. The van der Waals surface area contributed by atoms with E-state index in [0.717, 1.165) is 43.5 Å². The lowest BCUT2D eigenvalue weighted by atomic mass is 10.0. The molecule has 4 rings (SSSR count). The van der Waals surface area contributed by atoms with Gasteiger partial charge in [0, 0.05) is 38.6 Å². The number of aliphatic hydroxyl groups is 1. The molecule has 0 radical (unpaired) electrons. The molecule has 0 aliphatic carbocycles. The minimum atomic E-state index is -0.622. The molecule has 1 aromatic heterocycles. The maximum absolute atomic E-state index is 9.40. The molecule has 8 heteroatoms. The molecule has 2 aromatic rings. The summed E-state index contributed by atoms with van der Waals surface area (Å²) in [5.41, 5.74) is 2.64. The van der Waals surface area contributed by atoms with E-state index >= 15 is 0 Å². The van der Waals surface area contributed by atoms with Gasteiger partial charge in [-0.05, 0) is 38.0 Å². The fraction of sp³-hybridized carbons (Fsp3) is 0.579. The first-order chi connectivity index (χ1) is 13.0. The molecule has 2 unspecified atom stereocenters. The molecule has 0 bridgehead atoms. The molecule has 7 nitrogen and oxygen atoms in total. The molecule has 146 valence electrons. The van der Waals surface area contributed by atoms with Gasteiger partial charge in [-0.25, -0.2) is 0 Å². The van der Waals surface area contributed by atoms with Gasteiger partial charge in [-0.3, -0.25) is 4.90 Å². The van der Waals surface area contributed by atoms with E-state index in [-0.39, 0.29) is 6.10 Å². The number of piperazine rings is 1. The normalized spacial score (nSPS) is 22.2. The Morgan fingerprint density at radius 2 is 2.00 bits per heavy atom. The van der Waals surface area contributed by atoms with Crippen LogP contribution in [0.1, 0.15) is 37.9 Å². The number of nitrogens with zero attached hydrogens (tertiary/aromatic N) is 4. The van der Waals surface area contributed by atoms with Gasteiger partial charge in [-0.1, -0.05) is 23.5 Å². The summed E-state index contributed by atoms with van der Waals surface area (Å²) in [4.78, 5) is 4.77. The van der Waals surface area contributed by atoms with Gasteiger partial charge in [0.1, 0.15) is 18.1 Å². The Morgan fingerprint density at radius 3 is 2.74 bits per heavy atom. The summed E-state index contributed by atoms with van der Waals surface area (Å²) in [5, 5.41) is 22.2. The number of rotatable bonds is 5. The molecule has 0 spiro atoms. The zero-order chi connectivity index (χ0) is 19.0. The minimum absolute atomic E-state index is 0.286. The van der Waals surface area contributed by atoms with Crippen LogP contribution < -0.4 is 15.0 Å². The van der Waals surface area contributed by atoms with E-state index in [1.807, 2.05) is 0 Å². The van der Waals surface area contributed by atoms with Gasteiger partial charge in [0.05, 0.1) is 0 Å². The molecule has 3 atom stereocenters. The van der Waals surface area contributed by atoms with Crippen LogP contribution in [0.5, 0.6) is 5.75 Å². The Morgan fingerprint density at radius 1 is 1.22 bits per heavy atom. The molecule has 0 saturated carbocycles. The second-order valence-corrected chi connectivity index (χ2v) is 8.36. The van der Waals surface area contributed by atoms with Gasteiger partial charge < -0.3 is 20.1 Å². The van der Waals surface area contributed by atoms with Gasteiger partial charge in [0.2, 0.25) is 10.3 Å². The highest BCUT2D eigenvalue weighted by molar-refractivity contribution is 7.19. The number of hydrogen-bond donors (Lipinski definition) is 2. The number of aliphatic hydroxyl groups excluding tert-OH is 1. The van der Waals surface area contributed by atoms with Crippen molar-refractivity contribution in [3.05, 3.63) is 29.3 Å². The minimum Gasteiger partial charge on any atom is -0.490 e. The molecule has 27 heavy (non-hydrogen) atoms. The lowest BCUT2D eigenvalue weighted by Crippen LogP contribution is -2.47. The third-order valence-corrected chi connectivity index (χ3v) is 6.20. The molecule has 2 aliphatic heterocycles. The Labute approximate surface area is 164 Å². The Bertz CT molecular complexity index is 788. The van der Waals surface area contributed by atoms with Crippen LogP contribution in [0.25, 0.3) is 0 Å². The van der Waals surface area contributed by atoms with Gasteiger partial charge in [0.15, 0.2) is 0 Å². The van der Waals surface area contributed by atoms with E-state index in [0.29, 0.717) is 11.2 Å². The third-order valence-electron chi connectivity index (χ3n) is 5.29. The fourth-order valence-corrected chi connectivity index (χ4v) is 4.65. The van der Waals surface area contributed by atoms with Crippen LogP contribution in [0.15, 0.2) is 18.2 Å². The van der Waals surface area contributed by atoms with Crippen molar-refractivity contribution in [1.29, 1.82) is 0 Å². The first-order valence-electron chi connectivity index (χ1n) is 9.56. The van der Waals surface area contributed by atoms with Crippen LogP contribution in [0.4, 0.5) is 10.3 Å². The van der Waals surface area contributed by atoms with Crippen molar-refractivity contribution in [2.45, 2.75) is 45.6 Å². The largest absolute Gasteiger partial charge is 0.490 e. The molecule has 2 N–H and O–H groups in total. The average molecular weight is 390 g/mol. The highest BCUT2D eigenvalue weighted by atomic mass is 32.1. The van der Waals surface area contributed by atoms with Crippen LogP contribution in [-0.2, 0) is 6.42 Å². The first-order valence-corrected chi connectivity index (χ1v) is 10.4. The van der Waals surface area contributed by atoms with Crippen molar-refractivity contribution in [2.75, 3.05) is 36.4 Å². The number of anilines is 2. The quantitative estimate of drug-likeness (QED) is 0.761. The highest BCUT2D eigenvalue weighted by Gasteiger charge is 2.26. The maximum Gasteiger partial charge on any atom is 0.210 e. The van der Waals surface area contributed by atoms with Crippen molar-refractivity contribution >= 4 is 21.6 Å². The maximum atomic E-state index is 9.40. The lowest BCUT2D eigenvalue weighted by molar-refractivity contribution is 0.197. The number of aromatic nitrogens is 2. The number of hydrogen-bond acceptors (Lipinski definition) is 8. The topological polar surface area (TPSA) is 73.8 Å². The van der Waals surface area contributed by atoms with Crippen LogP contribution in [0.2, 0.25) is 0 Å². The van der Waals surface area contributed by atoms with Gasteiger partial charge >= 0.3 is 0 Å². The molecule has 2 aliphatic rings. The molecule has 3 heterocycles. The van der Waals surface area contributed by atoms with Crippen molar-refractivity contribution < 1.29 is 9.84 Å². The molecular weight excluding hydrogens is 362 g/mol. The summed E-state index contributed by atoms with van der Waals surface area (Å²) < 4.78 is 5.93. The molecule has 1 fully saturated rings. The second-order valence-electron chi connectivity index (χ2n) is 7.41. The monoisotopic (exact) mass is 389 g/mol. The van der Waals surface area contributed by atoms with E-state index in [1.54, 1.807) is 6.92 Å². The summed E-state index contributed by atoms with van der Waals surface area (Å²) in [6, 6.07) is 7.04.